The van der Waals surface area contributed by atoms with E-state index in [1.54, 1.807) is 36.6 Å². The molecule has 0 saturated carbocycles. The zero-order chi connectivity index (χ0) is 16.2. The maximum atomic E-state index is 12.2. The standard InChI is InChI=1S/C16H18N4O2S/c1-17-15(21)12-5-3-7-14(18-12)20-16(22)19-11-4-2-6-13-10(11)8-9-23-13/h3,5,7-9,11H,2,4,6H2,1H3,(H,17,21)(H2,18,19,20,22)/t11-/m1/s1. The van der Waals surface area contributed by atoms with E-state index < -0.39 is 0 Å². The largest absolute Gasteiger partial charge is 0.354 e. The van der Waals surface area contributed by atoms with Crippen molar-refractivity contribution < 1.29 is 9.59 Å². The maximum absolute atomic E-state index is 12.2. The van der Waals surface area contributed by atoms with Crippen LogP contribution < -0.4 is 16.0 Å². The van der Waals surface area contributed by atoms with Crippen LogP contribution in [0.3, 0.4) is 0 Å². The highest BCUT2D eigenvalue weighted by Crippen LogP contribution is 2.33. The first-order chi connectivity index (χ1) is 11.2. The molecule has 0 radical (unpaired) electrons. The number of fused-ring (bicyclic) bond motifs is 1. The van der Waals surface area contributed by atoms with E-state index in [9.17, 15) is 9.59 Å². The average molecular weight is 330 g/mol. The van der Waals surface area contributed by atoms with Crippen molar-refractivity contribution in [3.8, 4) is 0 Å². The summed E-state index contributed by atoms with van der Waals surface area (Å²) in [5.74, 6) is 0.0641. The van der Waals surface area contributed by atoms with Crippen LogP contribution >= 0.6 is 11.3 Å². The van der Waals surface area contributed by atoms with Crippen molar-refractivity contribution in [1.29, 1.82) is 0 Å². The average Bonchev–Trinajstić information content (AvgIpc) is 3.04. The van der Waals surface area contributed by atoms with E-state index in [-0.39, 0.29) is 23.7 Å². The minimum absolute atomic E-state index is 0.0344. The molecule has 0 spiro atoms. The molecule has 2 aromatic heterocycles. The molecule has 0 unspecified atom stereocenters. The molecule has 3 rings (SSSR count). The lowest BCUT2D eigenvalue weighted by Gasteiger charge is -2.23. The number of rotatable bonds is 3. The highest BCUT2D eigenvalue weighted by molar-refractivity contribution is 7.10. The fourth-order valence-electron chi connectivity index (χ4n) is 2.71. The number of nitrogens with zero attached hydrogens (tertiary/aromatic N) is 1. The Hall–Kier alpha value is -2.41. The summed E-state index contributed by atoms with van der Waals surface area (Å²) < 4.78 is 0. The highest BCUT2D eigenvalue weighted by atomic mass is 32.1. The number of nitrogens with one attached hydrogen (secondary N) is 3. The molecule has 0 aromatic carbocycles. The molecule has 2 heterocycles. The van der Waals surface area contributed by atoms with Crippen molar-refractivity contribution in [3.05, 3.63) is 45.8 Å². The van der Waals surface area contributed by atoms with Crippen molar-refractivity contribution in [2.45, 2.75) is 25.3 Å². The molecule has 1 atom stereocenters. The summed E-state index contributed by atoms with van der Waals surface area (Å²) in [6, 6.07) is 6.74. The van der Waals surface area contributed by atoms with E-state index in [1.165, 1.54) is 10.4 Å². The van der Waals surface area contributed by atoms with E-state index in [4.69, 9.17) is 0 Å². The van der Waals surface area contributed by atoms with Gasteiger partial charge in [0.05, 0.1) is 6.04 Å². The van der Waals surface area contributed by atoms with E-state index in [2.05, 4.69) is 32.4 Å². The summed E-state index contributed by atoms with van der Waals surface area (Å²) in [4.78, 5) is 29.3. The van der Waals surface area contributed by atoms with Crippen LogP contribution in [0.25, 0.3) is 0 Å². The number of hydrogen-bond donors (Lipinski definition) is 3. The van der Waals surface area contributed by atoms with Crippen molar-refractivity contribution >= 4 is 29.1 Å². The van der Waals surface area contributed by atoms with Gasteiger partial charge < -0.3 is 10.6 Å². The molecule has 23 heavy (non-hydrogen) atoms. The third-order valence-corrected chi connectivity index (χ3v) is 4.80. The summed E-state index contributed by atoms with van der Waals surface area (Å²) in [6.45, 7) is 0. The van der Waals surface area contributed by atoms with Crippen molar-refractivity contribution in [3.63, 3.8) is 0 Å². The summed E-state index contributed by atoms with van der Waals surface area (Å²) in [7, 11) is 1.54. The Balaban J connectivity index is 1.66. The Labute approximate surface area is 138 Å². The predicted octanol–water partition coefficient (Wildman–Crippen LogP) is 2.70. The van der Waals surface area contributed by atoms with Gasteiger partial charge in [-0.1, -0.05) is 6.07 Å². The Kier molecular flexibility index (Phi) is 4.57. The van der Waals surface area contributed by atoms with E-state index in [1.807, 2.05) is 0 Å². The summed E-state index contributed by atoms with van der Waals surface area (Å²) in [5.41, 5.74) is 1.48. The fraction of sp³-hybridized carbons (Fsp3) is 0.312. The van der Waals surface area contributed by atoms with Crippen LogP contribution in [-0.2, 0) is 6.42 Å². The molecule has 6 nitrogen and oxygen atoms in total. The third kappa shape index (κ3) is 3.50. The number of anilines is 1. The van der Waals surface area contributed by atoms with Crippen LogP contribution in [-0.4, -0.2) is 24.0 Å². The minimum atomic E-state index is -0.310. The number of thiophene rings is 1. The molecule has 7 heteroatoms. The number of carbonyl (C=O) groups is 2. The SMILES string of the molecule is CNC(=O)c1cccc(NC(=O)N[C@@H]2CCCc3sccc32)n1. The second-order valence-electron chi connectivity index (χ2n) is 5.33. The molecule has 1 aliphatic carbocycles. The van der Waals surface area contributed by atoms with E-state index in [0.29, 0.717) is 5.82 Å². The smallest absolute Gasteiger partial charge is 0.320 e. The van der Waals surface area contributed by atoms with E-state index >= 15 is 0 Å². The molecule has 3 amide bonds. The topological polar surface area (TPSA) is 83.1 Å². The van der Waals surface area contributed by atoms with Gasteiger partial charge in [0.15, 0.2) is 0 Å². The normalized spacial score (nSPS) is 16.3. The first kappa shape index (κ1) is 15.5. The van der Waals surface area contributed by atoms with Crippen LogP contribution in [0.1, 0.15) is 39.8 Å². The highest BCUT2D eigenvalue weighted by Gasteiger charge is 2.22. The second-order valence-corrected chi connectivity index (χ2v) is 6.33. The van der Waals surface area contributed by atoms with Crippen LogP contribution in [0.5, 0.6) is 0 Å². The predicted molar refractivity (Wildman–Crippen MR) is 89.8 cm³/mol. The summed E-state index contributed by atoms with van der Waals surface area (Å²) >= 11 is 1.74. The van der Waals surface area contributed by atoms with Crippen LogP contribution in [0, 0.1) is 0 Å². The molecule has 0 saturated heterocycles. The fourth-order valence-corrected chi connectivity index (χ4v) is 3.69. The zero-order valence-electron chi connectivity index (χ0n) is 12.8. The quantitative estimate of drug-likeness (QED) is 0.809. The number of pyridine rings is 1. The molecular weight excluding hydrogens is 312 g/mol. The summed E-state index contributed by atoms with van der Waals surface area (Å²) in [6.07, 6.45) is 3.09. The van der Waals surface area contributed by atoms with Gasteiger partial charge in [-0.15, -0.1) is 11.3 Å². The van der Waals surface area contributed by atoms with Gasteiger partial charge in [-0.25, -0.2) is 9.78 Å². The van der Waals surface area contributed by atoms with E-state index in [0.717, 1.165) is 19.3 Å². The van der Waals surface area contributed by atoms with Gasteiger partial charge in [-0.2, -0.15) is 0 Å². The van der Waals surface area contributed by atoms with Gasteiger partial charge in [0.25, 0.3) is 5.91 Å². The maximum Gasteiger partial charge on any atom is 0.320 e. The van der Waals surface area contributed by atoms with Crippen molar-refractivity contribution in [1.82, 2.24) is 15.6 Å². The molecular formula is C16H18N4O2S. The summed E-state index contributed by atoms with van der Waals surface area (Å²) in [5, 5.41) is 10.3. The molecule has 1 aliphatic rings. The van der Waals surface area contributed by atoms with Gasteiger partial charge in [-0.05, 0) is 48.4 Å². The second kappa shape index (κ2) is 6.78. The molecule has 0 fully saturated rings. The molecule has 3 N–H and O–H groups in total. The number of amides is 3. The lowest BCUT2D eigenvalue weighted by atomic mass is 9.94. The third-order valence-electron chi connectivity index (χ3n) is 3.81. The number of urea groups is 1. The monoisotopic (exact) mass is 330 g/mol. The molecule has 2 aromatic rings. The number of aryl methyl sites for hydroxylation is 1. The number of hydrogen-bond acceptors (Lipinski definition) is 4. The molecule has 120 valence electrons. The van der Waals surface area contributed by atoms with Crippen molar-refractivity contribution in [2.24, 2.45) is 0 Å². The van der Waals surface area contributed by atoms with Crippen LogP contribution in [0.2, 0.25) is 0 Å². The number of carbonyl (C=O) groups excluding carboxylic acids is 2. The lowest BCUT2D eigenvalue weighted by molar-refractivity contribution is 0.0958. The van der Waals surface area contributed by atoms with Gasteiger partial charge in [0, 0.05) is 11.9 Å². The molecule has 0 aliphatic heterocycles. The molecule has 0 bridgehead atoms. The Morgan fingerprint density at radius 1 is 1.30 bits per heavy atom. The van der Waals surface area contributed by atoms with Gasteiger partial charge >= 0.3 is 6.03 Å². The van der Waals surface area contributed by atoms with Gasteiger partial charge in [0.2, 0.25) is 0 Å². The Morgan fingerprint density at radius 2 is 2.17 bits per heavy atom. The van der Waals surface area contributed by atoms with Gasteiger partial charge in [0.1, 0.15) is 11.5 Å². The zero-order valence-corrected chi connectivity index (χ0v) is 13.6. The Morgan fingerprint density at radius 3 is 3.00 bits per heavy atom. The van der Waals surface area contributed by atoms with Crippen LogP contribution in [0.4, 0.5) is 10.6 Å². The Bertz CT molecular complexity index is 728. The lowest BCUT2D eigenvalue weighted by Crippen LogP contribution is -2.34. The first-order valence-corrected chi connectivity index (χ1v) is 8.38. The minimum Gasteiger partial charge on any atom is -0.354 e. The van der Waals surface area contributed by atoms with Crippen molar-refractivity contribution in [2.75, 3.05) is 12.4 Å². The first-order valence-electron chi connectivity index (χ1n) is 7.50. The van der Waals surface area contributed by atoms with Crippen LogP contribution in [0.15, 0.2) is 29.6 Å². The number of aromatic nitrogens is 1. The van der Waals surface area contributed by atoms with Gasteiger partial charge in [-0.3, -0.25) is 10.1 Å².